The van der Waals surface area contributed by atoms with E-state index in [0.717, 1.165) is 69.5 Å². The largest absolute Gasteiger partial charge is 0.384 e. The fourth-order valence-corrected chi connectivity index (χ4v) is 5.45. The number of carbonyl (C=O) groups excluding carboxylic acids is 2. The monoisotopic (exact) mass is 497 g/mol. The number of carbonyl (C=O) groups is 2. The molecule has 2 saturated heterocycles. The Labute approximate surface area is 213 Å². The van der Waals surface area contributed by atoms with Gasteiger partial charge in [-0.3, -0.25) is 14.5 Å². The number of hydrogen-bond acceptors (Lipinski definition) is 5. The van der Waals surface area contributed by atoms with Gasteiger partial charge in [-0.2, -0.15) is 0 Å². The van der Waals surface area contributed by atoms with Gasteiger partial charge in [-0.25, -0.2) is 4.98 Å². The Hall–Kier alpha value is -2.64. The van der Waals surface area contributed by atoms with Gasteiger partial charge in [0.2, 0.25) is 11.8 Å². The van der Waals surface area contributed by atoms with E-state index in [0.29, 0.717) is 23.2 Å². The zero-order valence-electron chi connectivity index (χ0n) is 20.5. The third-order valence-electron chi connectivity index (χ3n) is 7.38. The Morgan fingerprint density at radius 3 is 2.40 bits per heavy atom. The summed E-state index contributed by atoms with van der Waals surface area (Å²) in [4.78, 5) is 34.0. The maximum absolute atomic E-state index is 13.3. The summed E-state index contributed by atoms with van der Waals surface area (Å²) in [7, 11) is 0. The first-order valence-corrected chi connectivity index (χ1v) is 13.1. The minimum atomic E-state index is -0.0533. The Bertz CT molecular complexity index is 999. The van der Waals surface area contributed by atoms with Crippen LogP contribution in [-0.4, -0.2) is 52.8 Å². The number of aromatic nitrogens is 1. The molecule has 1 aromatic heterocycles. The lowest BCUT2D eigenvalue weighted by Crippen LogP contribution is -2.47. The smallest absolute Gasteiger partial charge is 0.225 e. The summed E-state index contributed by atoms with van der Waals surface area (Å²) in [6, 6.07) is 11.6. The number of likely N-dealkylation sites (tertiary alicyclic amines) is 2. The number of nitrogens with two attached hydrogens (primary N) is 1. The molecule has 1 atom stereocenters. The average molecular weight is 498 g/mol. The number of piperidine rings is 2. The van der Waals surface area contributed by atoms with E-state index < -0.39 is 0 Å². The number of nitrogens with zero attached hydrogens (tertiary/aromatic N) is 3. The Morgan fingerprint density at radius 2 is 1.77 bits per heavy atom. The predicted octanol–water partition coefficient (Wildman–Crippen LogP) is 4.04. The summed E-state index contributed by atoms with van der Waals surface area (Å²) in [5, 5.41) is 3.89. The van der Waals surface area contributed by atoms with E-state index in [9.17, 15) is 9.59 Å². The Kier molecular flexibility index (Phi) is 8.63. The van der Waals surface area contributed by atoms with Gasteiger partial charge in [0, 0.05) is 43.2 Å². The van der Waals surface area contributed by atoms with Crippen molar-refractivity contribution in [1.82, 2.24) is 20.1 Å². The summed E-state index contributed by atoms with van der Waals surface area (Å²) < 4.78 is 0. The van der Waals surface area contributed by atoms with Crippen LogP contribution >= 0.6 is 11.6 Å². The molecule has 1 aromatic carbocycles. The van der Waals surface area contributed by atoms with Crippen LogP contribution in [0.3, 0.4) is 0 Å². The highest BCUT2D eigenvalue weighted by molar-refractivity contribution is 6.30. The van der Waals surface area contributed by atoms with E-state index in [4.69, 9.17) is 17.3 Å². The third kappa shape index (κ3) is 6.73. The fourth-order valence-electron chi connectivity index (χ4n) is 5.32. The molecule has 0 bridgehead atoms. The zero-order chi connectivity index (χ0) is 24.8. The maximum Gasteiger partial charge on any atom is 0.225 e. The predicted molar refractivity (Wildman–Crippen MR) is 139 cm³/mol. The molecular formula is C27H36ClN5O2. The molecule has 0 aliphatic carbocycles. The minimum Gasteiger partial charge on any atom is -0.384 e. The van der Waals surface area contributed by atoms with Crippen molar-refractivity contribution in [2.24, 2.45) is 11.8 Å². The molecular weight excluding hydrogens is 462 g/mol. The molecule has 2 aromatic rings. The number of nitrogens with one attached hydrogen (secondary N) is 1. The maximum atomic E-state index is 13.3. The number of halogens is 1. The lowest BCUT2D eigenvalue weighted by molar-refractivity contribution is -0.139. The average Bonchev–Trinajstić information content (AvgIpc) is 2.88. The number of nitrogen functional groups attached to an aromatic ring is 1. The van der Waals surface area contributed by atoms with Crippen LogP contribution < -0.4 is 11.1 Å². The molecule has 4 rings (SSSR count). The molecule has 3 N–H and O–H groups in total. The van der Waals surface area contributed by atoms with Crippen LogP contribution in [-0.2, 0) is 16.1 Å². The lowest BCUT2D eigenvalue weighted by atomic mass is 9.84. The van der Waals surface area contributed by atoms with Gasteiger partial charge in [-0.1, -0.05) is 30.7 Å². The quantitative estimate of drug-likeness (QED) is 0.602. The number of hydrogen-bond donors (Lipinski definition) is 2. The van der Waals surface area contributed by atoms with Gasteiger partial charge in [0.25, 0.3) is 0 Å². The summed E-state index contributed by atoms with van der Waals surface area (Å²) in [5.74, 6) is 1.27. The number of rotatable bonds is 7. The van der Waals surface area contributed by atoms with Gasteiger partial charge in [0.1, 0.15) is 5.82 Å². The van der Waals surface area contributed by atoms with E-state index in [2.05, 4.69) is 15.2 Å². The molecule has 0 saturated carbocycles. The number of anilines is 1. The van der Waals surface area contributed by atoms with Crippen molar-refractivity contribution in [2.45, 2.75) is 51.6 Å². The molecule has 0 spiro atoms. The van der Waals surface area contributed by atoms with Crippen molar-refractivity contribution in [3.63, 3.8) is 0 Å². The molecule has 2 amide bonds. The van der Waals surface area contributed by atoms with Crippen molar-refractivity contribution < 1.29 is 9.59 Å². The van der Waals surface area contributed by atoms with E-state index in [1.165, 1.54) is 0 Å². The zero-order valence-corrected chi connectivity index (χ0v) is 21.2. The SMILES string of the molecule is CCC(=O)NC(c1ccc(Cl)cc1)C1CCN(C(=O)C2CCN(Cc3ccnc(N)c3)CC2)CC1. The summed E-state index contributed by atoms with van der Waals surface area (Å²) in [6.45, 7) is 6.02. The van der Waals surface area contributed by atoms with Gasteiger partial charge >= 0.3 is 0 Å². The normalized spacial score (nSPS) is 18.9. The van der Waals surface area contributed by atoms with E-state index in [-0.39, 0.29) is 23.8 Å². The topological polar surface area (TPSA) is 91.6 Å². The second kappa shape index (κ2) is 11.9. The molecule has 2 aliphatic heterocycles. The first-order chi connectivity index (χ1) is 16.9. The van der Waals surface area contributed by atoms with Crippen LogP contribution in [0.5, 0.6) is 0 Å². The molecule has 7 nitrogen and oxygen atoms in total. The fraction of sp³-hybridized carbons (Fsp3) is 0.519. The molecule has 1 unspecified atom stereocenters. The lowest BCUT2D eigenvalue weighted by Gasteiger charge is -2.39. The van der Waals surface area contributed by atoms with E-state index in [1.54, 1.807) is 6.20 Å². The second-order valence-electron chi connectivity index (χ2n) is 9.75. The van der Waals surface area contributed by atoms with Crippen LogP contribution in [0.1, 0.15) is 56.2 Å². The minimum absolute atomic E-state index is 0.0460. The molecule has 2 fully saturated rings. The van der Waals surface area contributed by atoms with Gasteiger partial charge < -0.3 is 16.0 Å². The number of benzene rings is 1. The van der Waals surface area contributed by atoms with Crippen molar-refractivity contribution in [1.29, 1.82) is 0 Å². The summed E-state index contributed by atoms with van der Waals surface area (Å²) in [5.41, 5.74) is 8.04. The van der Waals surface area contributed by atoms with E-state index in [1.807, 2.05) is 48.2 Å². The van der Waals surface area contributed by atoms with Crippen molar-refractivity contribution in [3.8, 4) is 0 Å². The number of pyridine rings is 1. The van der Waals surface area contributed by atoms with Crippen molar-refractivity contribution >= 4 is 29.2 Å². The van der Waals surface area contributed by atoms with Crippen LogP contribution in [0, 0.1) is 11.8 Å². The van der Waals surface area contributed by atoms with Gasteiger partial charge in [0.05, 0.1) is 6.04 Å². The first kappa shape index (κ1) is 25.5. The van der Waals surface area contributed by atoms with Crippen molar-refractivity contribution in [2.75, 3.05) is 31.9 Å². The van der Waals surface area contributed by atoms with Crippen LogP contribution in [0.25, 0.3) is 0 Å². The molecule has 188 valence electrons. The molecule has 3 heterocycles. The van der Waals surface area contributed by atoms with Gasteiger partial charge in [0.15, 0.2) is 0 Å². The molecule has 35 heavy (non-hydrogen) atoms. The molecule has 8 heteroatoms. The summed E-state index contributed by atoms with van der Waals surface area (Å²) >= 11 is 6.08. The molecule has 2 aliphatic rings. The highest BCUT2D eigenvalue weighted by atomic mass is 35.5. The van der Waals surface area contributed by atoms with Gasteiger partial charge in [-0.05, 0) is 80.1 Å². The first-order valence-electron chi connectivity index (χ1n) is 12.7. The highest BCUT2D eigenvalue weighted by Gasteiger charge is 2.34. The van der Waals surface area contributed by atoms with Crippen LogP contribution in [0.2, 0.25) is 5.02 Å². The Morgan fingerprint density at radius 1 is 1.09 bits per heavy atom. The van der Waals surface area contributed by atoms with Crippen molar-refractivity contribution in [3.05, 3.63) is 58.7 Å². The second-order valence-corrected chi connectivity index (χ2v) is 10.2. The Balaban J connectivity index is 1.29. The van der Waals surface area contributed by atoms with E-state index >= 15 is 0 Å². The standard InChI is InChI=1S/C27H36ClN5O2/c1-2-25(34)31-26(20-3-5-23(28)6-4-20)21-10-15-33(16-11-21)27(35)22-8-13-32(14-9-22)18-19-7-12-30-24(29)17-19/h3-7,12,17,21-22,26H,2,8-11,13-16,18H2,1H3,(H2,29,30)(H,31,34). The third-order valence-corrected chi connectivity index (χ3v) is 7.63. The molecule has 0 radical (unpaired) electrons. The van der Waals surface area contributed by atoms with Crippen LogP contribution in [0.4, 0.5) is 5.82 Å². The van der Waals surface area contributed by atoms with Gasteiger partial charge in [-0.15, -0.1) is 0 Å². The number of amides is 2. The van der Waals surface area contributed by atoms with Crippen LogP contribution in [0.15, 0.2) is 42.6 Å². The highest BCUT2D eigenvalue weighted by Crippen LogP contribution is 2.33. The summed E-state index contributed by atoms with van der Waals surface area (Å²) in [6.07, 6.45) is 5.74.